The molecule has 0 saturated carbocycles. The second kappa shape index (κ2) is 5.96. The van der Waals surface area contributed by atoms with Crippen molar-refractivity contribution < 1.29 is 4.79 Å². The van der Waals surface area contributed by atoms with E-state index in [0.29, 0.717) is 16.9 Å². The maximum absolute atomic E-state index is 11.5. The number of amides is 1. The number of primary amides is 1. The van der Waals surface area contributed by atoms with Gasteiger partial charge in [0.2, 0.25) is 0 Å². The minimum atomic E-state index is -0.499. The normalized spacial score (nSPS) is 11.9. The Morgan fingerprint density at radius 2 is 2.00 bits per heavy atom. The van der Waals surface area contributed by atoms with Gasteiger partial charge >= 0.3 is 0 Å². The molecule has 1 atom stereocenters. The molecule has 5 heteroatoms. The first kappa shape index (κ1) is 14.4. The van der Waals surface area contributed by atoms with Gasteiger partial charge < -0.3 is 16.8 Å². The number of hydrogen-bond donors (Lipinski definition) is 3. The van der Waals surface area contributed by atoms with Crippen molar-refractivity contribution in [3.63, 3.8) is 0 Å². The highest BCUT2D eigenvalue weighted by molar-refractivity contribution is 9.10. The summed E-state index contributed by atoms with van der Waals surface area (Å²) in [6, 6.07) is 13.1. The van der Waals surface area contributed by atoms with Crippen LogP contribution in [0.2, 0.25) is 0 Å². The molecule has 2 aromatic rings. The Labute approximate surface area is 126 Å². The Balaban J connectivity index is 2.28. The number of carbonyl (C=O) groups is 1. The van der Waals surface area contributed by atoms with Crippen LogP contribution in [0.5, 0.6) is 0 Å². The van der Waals surface area contributed by atoms with Crippen LogP contribution in [-0.4, -0.2) is 5.91 Å². The number of rotatable bonds is 4. The quantitative estimate of drug-likeness (QED) is 0.751. The van der Waals surface area contributed by atoms with Crippen LogP contribution in [0.1, 0.15) is 28.9 Å². The molecule has 0 fully saturated rings. The molecule has 0 radical (unpaired) electrons. The molecule has 104 valence electrons. The van der Waals surface area contributed by atoms with Gasteiger partial charge in [-0.25, -0.2) is 0 Å². The number of benzene rings is 2. The monoisotopic (exact) mass is 333 g/mol. The lowest BCUT2D eigenvalue weighted by molar-refractivity contribution is 0.100. The fourth-order valence-electron chi connectivity index (χ4n) is 1.98. The first-order valence-electron chi connectivity index (χ1n) is 6.18. The van der Waals surface area contributed by atoms with Crippen LogP contribution in [0.25, 0.3) is 0 Å². The number of nitrogens with one attached hydrogen (secondary N) is 1. The van der Waals surface area contributed by atoms with Crippen LogP contribution in [0.3, 0.4) is 0 Å². The summed E-state index contributed by atoms with van der Waals surface area (Å²) < 4.78 is 1.01. The standard InChI is InChI=1S/C15H16BrN3O/c1-9(10-3-2-4-11(16)7-10)19-14-6-5-12(17)8-13(14)15(18)20/h2-9,19H,17H2,1H3,(H2,18,20). The highest BCUT2D eigenvalue weighted by Crippen LogP contribution is 2.25. The maximum Gasteiger partial charge on any atom is 0.250 e. The van der Waals surface area contributed by atoms with Gasteiger partial charge in [-0.15, -0.1) is 0 Å². The minimum Gasteiger partial charge on any atom is -0.399 e. The highest BCUT2D eigenvalue weighted by Gasteiger charge is 2.12. The van der Waals surface area contributed by atoms with Crippen LogP contribution in [0.4, 0.5) is 11.4 Å². The fraction of sp³-hybridized carbons (Fsp3) is 0.133. The Hall–Kier alpha value is -2.01. The summed E-state index contributed by atoms with van der Waals surface area (Å²) >= 11 is 3.44. The molecule has 0 saturated heterocycles. The van der Waals surface area contributed by atoms with E-state index < -0.39 is 5.91 Å². The third-order valence-electron chi connectivity index (χ3n) is 3.03. The number of halogens is 1. The van der Waals surface area contributed by atoms with Crippen molar-refractivity contribution in [2.75, 3.05) is 11.1 Å². The van der Waals surface area contributed by atoms with E-state index in [4.69, 9.17) is 11.5 Å². The fourth-order valence-corrected chi connectivity index (χ4v) is 2.40. The number of nitrogens with two attached hydrogens (primary N) is 2. The summed E-state index contributed by atoms with van der Waals surface area (Å²) in [5.74, 6) is -0.499. The van der Waals surface area contributed by atoms with E-state index in [1.54, 1.807) is 18.2 Å². The molecule has 20 heavy (non-hydrogen) atoms. The van der Waals surface area contributed by atoms with E-state index in [0.717, 1.165) is 10.0 Å². The number of anilines is 2. The van der Waals surface area contributed by atoms with Crippen LogP contribution in [0.15, 0.2) is 46.9 Å². The molecule has 0 bridgehead atoms. The highest BCUT2D eigenvalue weighted by atomic mass is 79.9. The van der Waals surface area contributed by atoms with Crippen LogP contribution < -0.4 is 16.8 Å². The van der Waals surface area contributed by atoms with Gasteiger partial charge in [-0.05, 0) is 42.8 Å². The van der Waals surface area contributed by atoms with Crippen molar-refractivity contribution in [2.24, 2.45) is 5.73 Å². The lowest BCUT2D eigenvalue weighted by Gasteiger charge is -2.18. The molecule has 4 nitrogen and oxygen atoms in total. The molecule has 2 rings (SSSR count). The second-order valence-electron chi connectivity index (χ2n) is 4.59. The van der Waals surface area contributed by atoms with E-state index >= 15 is 0 Å². The lowest BCUT2D eigenvalue weighted by atomic mass is 10.1. The van der Waals surface area contributed by atoms with Gasteiger partial charge in [0.1, 0.15) is 0 Å². The smallest absolute Gasteiger partial charge is 0.250 e. The zero-order valence-electron chi connectivity index (χ0n) is 11.1. The Bertz CT molecular complexity index is 643. The van der Waals surface area contributed by atoms with Gasteiger partial charge in [-0.2, -0.15) is 0 Å². The Morgan fingerprint density at radius 3 is 2.65 bits per heavy atom. The van der Waals surface area contributed by atoms with Gasteiger partial charge in [0.25, 0.3) is 5.91 Å². The van der Waals surface area contributed by atoms with Crippen LogP contribution >= 0.6 is 15.9 Å². The van der Waals surface area contributed by atoms with Crippen molar-refractivity contribution in [1.29, 1.82) is 0 Å². The summed E-state index contributed by atoms with van der Waals surface area (Å²) in [6.07, 6.45) is 0. The van der Waals surface area contributed by atoms with Crippen molar-refractivity contribution in [2.45, 2.75) is 13.0 Å². The lowest BCUT2D eigenvalue weighted by Crippen LogP contribution is -2.16. The Kier molecular flexibility index (Phi) is 4.29. The summed E-state index contributed by atoms with van der Waals surface area (Å²) in [5, 5.41) is 3.29. The second-order valence-corrected chi connectivity index (χ2v) is 5.51. The third kappa shape index (κ3) is 3.30. The van der Waals surface area contributed by atoms with E-state index in [9.17, 15) is 4.79 Å². The van der Waals surface area contributed by atoms with Crippen molar-refractivity contribution in [3.8, 4) is 0 Å². The van der Waals surface area contributed by atoms with E-state index in [1.165, 1.54) is 0 Å². The zero-order valence-corrected chi connectivity index (χ0v) is 12.6. The zero-order chi connectivity index (χ0) is 14.7. The van der Waals surface area contributed by atoms with Crippen molar-refractivity contribution >= 4 is 33.2 Å². The molecule has 0 aliphatic carbocycles. The van der Waals surface area contributed by atoms with E-state index in [2.05, 4.69) is 21.2 Å². The maximum atomic E-state index is 11.5. The largest absolute Gasteiger partial charge is 0.399 e. The number of carbonyl (C=O) groups excluding carboxylic acids is 1. The molecular formula is C15H16BrN3O. The van der Waals surface area contributed by atoms with Gasteiger partial charge in [-0.1, -0.05) is 28.1 Å². The number of hydrogen-bond acceptors (Lipinski definition) is 3. The average molecular weight is 334 g/mol. The molecule has 1 amide bonds. The minimum absolute atomic E-state index is 0.0363. The molecular weight excluding hydrogens is 318 g/mol. The molecule has 2 aromatic carbocycles. The average Bonchev–Trinajstić information content (AvgIpc) is 2.40. The summed E-state index contributed by atoms with van der Waals surface area (Å²) in [5.41, 5.74) is 13.8. The van der Waals surface area contributed by atoms with Gasteiger partial charge in [0.15, 0.2) is 0 Å². The summed E-state index contributed by atoms with van der Waals surface area (Å²) in [6.45, 7) is 2.02. The SMILES string of the molecule is CC(Nc1ccc(N)cc1C(N)=O)c1cccc(Br)c1. The van der Waals surface area contributed by atoms with E-state index in [1.807, 2.05) is 31.2 Å². The van der Waals surface area contributed by atoms with Gasteiger partial charge in [-0.3, -0.25) is 4.79 Å². The predicted octanol–water partition coefficient (Wildman–Crippen LogP) is 3.30. The Morgan fingerprint density at radius 1 is 1.25 bits per heavy atom. The molecule has 0 aliphatic heterocycles. The third-order valence-corrected chi connectivity index (χ3v) is 3.52. The van der Waals surface area contributed by atoms with Crippen molar-refractivity contribution in [3.05, 3.63) is 58.1 Å². The van der Waals surface area contributed by atoms with Gasteiger partial charge in [0, 0.05) is 21.9 Å². The summed E-state index contributed by atoms with van der Waals surface area (Å²) in [4.78, 5) is 11.5. The van der Waals surface area contributed by atoms with Crippen molar-refractivity contribution in [1.82, 2.24) is 0 Å². The molecule has 1 unspecified atom stereocenters. The van der Waals surface area contributed by atoms with Crippen LogP contribution in [0, 0.1) is 0 Å². The summed E-state index contributed by atoms with van der Waals surface area (Å²) in [7, 11) is 0. The first-order valence-corrected chi connectivity index (χ1v) is 6.98. The number of nitrogen functional groups attached to an aromatic ring is 1. The molecule has 0 heterocycles. The topological polar surface area (TPSA) is 81.1 Å². The van der Waals surface area contributed by atoms with E-state index in [-0.39, 0.29) is 6.04 Å². The molecule has 0 aromatic heterocycles. The molecule has 0 spiro atoms. The van der Waals surface area contributed by atoms with Crippen LogP contribution in [-0.2, 0) is 0 Å². The van der Waals surface area contributed by atoms with Gasteiger partial charge in [0.05, 0.1) is 5.56 Å². The first-order chi connectivity index (χ1) is 9.47. The predicted molar refractivity (Wildman–Crippen MR) is 85.6 cm³/mol. The molecule has 5 N–H and O–H groups in total. The molecule has 0 aliphatic rings.